The van der Waals surface area contributed by atoms with Gasteiger partial charge in [-0.2, -0.15) is 0 Å². The molecule has 0 aliphatic carbocycles. The van der Waals surface area contributed by atoms with E-state index in [-0.39, 0.29) is 6.61 Å². The molecule has 23 heavy (non-hydrogen) atoms. The standard InChI is InChI=1S/C18H21NO4/c1-22-16-8-6-14(7-9-16)10-11-19-12-15-4-2-3-5-17(15)23-13-18(20)21/h2-9,19H,10-13H2,1H3,(H,20,21). The average molecular weight is 315 g/mol. The van der Waals surface area contributed by atoms with Crippen molar-refractivity contribution in [2.45, 2.75) is 13.0 Å². The van der Waals surface area contributed by atoms with Gasteiger partial charge in [0.15, 0.2) is 6.61 Å². The number of rotatable bonds is 9. The largest absolute Gasteiger partial charge is 0.497 e. The Bertz CT molecular complexity index is 625. The van der Waals surface area contributed by atoms with Gasteiger partial charge in [-0.3, -0.25) is 0 Å². The molecule has 2 rings (SSSR count). The van der Waals surface area contributed by atoms with Gasteiger partial charge in [-0.1, -0.05) is 30.3 Å². The molecule has 0 heterocycles. The van der Waals surface area contributed by atoms with E-state index in [4.69, 9.17) is 14.6 Å². The van der Waals surface area contributed by atoms with Crippen LogP contribution in [0.1, 0.15) is 11.1 Å². The lowest BCUT2D eigenvalue weighted by molar-refractivity contribution is -0.139. The number of carbonyl (C=O) groups is 1. The van der Waals surface area contributed by atoms with Gasteiger partial charge in [-0.05, 0) is 36.7 Å². The Labute approximate surface area is 135 Å². The number of carboxylic acids is 1. The molecule has 2 N–H and O–H groups in total. The van der Waals surface area contributed by atoms with Gasteiger partial charge in [0.2, 0.25) is 0 Å². The monoisotopic (exact) mass is 315 g/mol. The second-order valence-corrected chi connectivity index (χ2v) is 5.06. The number of para-hydroxylation sites is 1. The van der Waals surface area contributed by atoms with Gasteiger partial charge in [-0.15, -0.1) is 0 Å². The molecule has 0 amide bonds. The highest BCUT2D eigenvalue weighted by atomic mass is 16.5. The molecule has 2 aromatic rings. The molecule has 0 fully saturated rings. The van der Waals surface area contributed by atoms with E-state index in [1.165, 1.54) is 5.56 Å². The first-order valence-corrected chi connectivity index (χ1v) is 7.45. The van der Waals surface area contributed by atoms with Crippen LogP contribution < -0.4 is 14.8 Å². The minimum absolute atomic E-state index is 0.330. The maximum Gasteiger partial charge on any atom is 0.341 e. The van der Waals surface area contributed by atoms with Gasteiger partial charge in [0, 0.05) is 12.1 Å². The molecule has 2 aromatic carbocycles. The summed E-state index contributed by atoms with van der Waals surface area (Å²) in [6.07, 6.45) is 0.905. The van der Waals surface area contributed by atoms with Gasteiger partial charge in [0.05, 0.1) is 7.11 Å². The van der Waals surface area contributed by atoms with Crippen molar-refractivity contribution < 1.29 is 19.4 Å². The molecule has 0 aliphatic rings. The molecule has 0 atom stereocenters. The normalized spacial score (nSPS) is 10.3. The van der Waals surface area contributed by atoms with Crippen molar-refractivity contribution in [2.75, 3.05) is 20.3 Å². The summed E-state index contributed by atoms with van der Waals surface area (Å²) in [6, 6.07) is 15.4. The fourth-order valence-corrected chi connectivity index (χ4v) is 2.18. The number of carboxylic acid groups (broad SMARTS) is 1. The molecule has 0 bridgehead atoms. The Morgan fingerprint density at radius 3 is 2.57 bits per heavy atom. The quantitative estimate of drug-likeness (QED) is 0.696. The molecule has 0 aliphatic heterocycles. The van der Waals surface area contributed by atoms with Crippen LogP contribution in [0.5, 0.6) is 11.5 Å². The molecule has 122 valence electrons. The first-order valence-electron chi connectivity index (χ1n) is 7.45. The predicted molar refractivity (Wildman–Crippen MR) is 88.0 cm³/mol. The minimum Gasteiger partial charge on any atom is -0.497 e. The van der Waals surface area contributed by atoms with Crippen LogP contribution in [0.3, 0.4) is 0 Å². The van der Waals surface area contributed by atoms with E-state index in [0.717, 1.165) is 24.3 Å². The molecular formula is C18H21NO4. The van der Waals surface area contributed by atoms with Gasteiger partial charge in [0.25, 0.3) is 0 Å². The second-order valence-electron chi connectivity index (χ2n) is 5.06. The van der Waals surface area contributed by atoms with Crippen LogP contribution in [0.15, 0.2) is 48.5 Å². The molecule has 5 nitrogen and oxygen atoms in total. The van der Waals surface area contributed by atoms with Crippen molar-refractivity contribution in [1.82, 2.24) is 5.32 Å². The van der Waals surface area contributed by atoms with Crippen molar-refractivity contribution in [2.24, 2.45) is 0 Å². The van der Waals surface area contributed by atoms with Crippen molar-refractivity contribution in [1.29, 1.82) is 0 Å². The van der Waals surface area contributed by atoms with Gasteiger partial charge in [0.1, 0.15) is 11.5 Å². The average Bonchev–Trinajstić information content (AvgIpc) is 2.58. The second kappa shape index (κ2) is 8.80. The zero-order valence-corrected chi connectivity index (χ0v) is 13.1. The lowest BCUT2D eigenvalue weighted by atomic mass is 10.1. The summed E-state index contributed by atoms with van der Waals surface area (Å²) in [6.45, 7) is 1.12. The SMILES string of the molecule is COc1ccc(CCNCc2ccccc2OCC(=O)O)cc1. The third-order valence-corrected chi connectivity index (χ3v) is 3.39. The zero-order valence-electron chi connectivity index (χ0n) is 13.1. The Morgan fingerprint density at radius 1 is 1.13 bits per heavy atom. The maximum absolute atomic E-state index is 10.6. The van der Waals surface area contributed by atoms with Gasteiger partial charge < -0.3 is 19.9 Å². The van der Waals surface area contributed by atoms with E-state index in [1.807, 2.05) is 42.5 Å². The van der Waals surface area contributed by atoms with Crippen molar-refractivity contribution in [3.8, 4) is 11.5 Å². The Kier molecular flexibility index (Phi) is 6.44. The highest BCUT2D eigenvalue weighted by Crippen LogP contribution is 2.17. The smallest absolute Gasteiger partial charge is 0.341 e. The molecule has 0 saturated heterocycles. The first-order chi connectivity index (χ1) is 11.2. The van der Waals surface area contributed by atoms with E-state index >= 15 is 0 Å². The number of hydrogen-bond donors (Lipinski definition) is 2. The highest BCUT2D eigenvalue weighted by molar-refractivity contribution is 5.68. The molecule has 0 radical (unpaired) electrons. The highest BCUT2D eigenvalue weighted by Gasteiger charge is 2.05. The fourth-order valence-electron chi connectivity index (χ4n) is 2.18. The Morgan fingerprint density at radius 2 is 1.87 bits per heavy atom. The third-order valence-electron chi connectivity index (χ3n) is 3.39. The summed E-state index contributed by atoms with van der Waals surface area (Å²) in [7, 11) is 1.65. The number of benzene rings is 2. The van der Waals surface area contributed by atoms with E-state index in [0.29, 0.717) is 12.3 Å². The summed E-state index contributed by atoms with van der Waals surface area (Å²) in [5.74, 6) is 0.477. The van der Waals surface area contributed by atoms with E-state index in [2.05, 4.69) is 5.32 Å². The number of methoxy groups -OCH3 is 1. The van der Waals surface area contributed by atoms with Crippen LogP contribution in [0.4, 0.5) is 0 Å². The van der Waals surface area contributed by atoms with Crippen LogP contribution in [0.25, 0.3) is 0 Å². The zero-order chi connectivity index (χ0) is 16.5. The summed E-state index contributed by atoms with van der Waals surface area (Å²) < 4.78 is 10.4. The fraction of sp³-hybridized carbons (Fsp3) is 0.278. The topological polar surface area (TPSA) is 67.8 Å². The maximum atomic E-state index is 10.6. The van der Waals surface area contributed by atoms with Crippen molar-refractivity contribution in [3.05, 3.63) is 59.7 Å². The van der Waals surface area contributed by atoms with Crippen molar-refractivity contribution in [3.63, 3.8) is 0 Å². The van der Waals surface area contributed by atoms with Gasteiger partial charge >= 0.3 is 5.97 Å². The van der Waals surface area contributed by atoms with E-state index < -0.39 is 5.97 Å². The lowest BCUT2D eigenvalue weighted by Gasteiger charge is -2.11. The molecule has 0 unspecified atom stereocenters. The van der Waals surface area contributed by atoms with E-state index in [9.17, 15) is 4.79 Å². The van der Waals surface area contributed by atoms with Crippen LogP contribution in [-0.4, -0.2) is 31.3 Å². The van der Waals surface area contributed by atoms with Gasteiger partial charge in [-0.25, -0.2) is 4.79 Å². The van der Waals surface area contributed by atoms with Crippen LogP contribution in [0, 0.1) is 0 Å². The van der Waals surface area contributed by atoms with Crippen LogP contribution >= 0.6 is 0 Å². The summed E-state index contributed by atoms with van der Waals surface area (Å²) >= 11 is 0. The molecule has 0 spiro atoms. The summed E-state index contributed by atoms with van der Waals surface area (Å²) in [5.41, 5.74) is 2.18. The molecule has 5 heteroatoms. The molecule has 0 aromatic heterocycles. The van der Waals surface area contributed by atoms with Crippen LogP contribution in [0.2, 0.25) is 0 Å². The number of ether oxygens (including phenoxy) is 2. The first kappa shape index (κ1) is 16.8. The number of hydrogen-bond acceptors (Lipinski definition) is 4. The Hall–Kier alpha value is -2.53. The third kappa shape index (κ3) is 5.64. The molecular weight excluding hydrogens is 294 g/mol. The molecule has 0 saturated carbocycles. The number of nitrogens with one attached hydrogen (secondary N) is 1. The summed E-state index contributed by atoms with van der Waals surface area (Å²) in [4.78, 5) is 10.6. The number of aliphatic carboxylic acids is 1. The predicted octanol–water partition coefficient (Wildman–Crippen LogP) is 2.49. The lowest BCUT2D eigenvalue weighted by Crippen LogP contribution is -2.18. The minimum atomic E-state index is -0.979. The van der Waals surface area contributed by atoms with E-state index in [1.54, 1.807) is 13.2 Å². The van der Waals surface area contributed by atoms with Crippen molar-refractivity contribution >= 4 is 5.97 Å². The van der Waals surface area contributed by atoms with Crippen LogP contribution in [-0.2, 0) is 17.8 Å². The summed E-state index contributed by atoms with van der Waals surface area (Å²) in [5, 5.41) is 12.0. The Balaban J connectivity index is 1.80.